The maximum Gasteiger partial charge on any atom is 0.190 e. The van der Waals surface area contributed by atoms with E-state index in [4.69, 9.17) is 5.73 Å². The number of rotatable bonds is 4. The van der Waals surface area contributed by atoms with Gasteiger partial charge in [0.15, 0.2) is 5.16 Å². The zero-order chi connectivity index (χ0) is 14.7. The van der Waals surface area contributed by atoms with Crippen LogP contribution in [0.15, 0.2) is 47.8 Å². The zero-order valence-corrected chi connectivity index (χ0v) is 13.1. The normalized spacial score (nSPS) is 10.7. The van der Waals surface area contributed by atoms with E-state index < -0.39 is 0 Å². The molecule has 2 N–H and O–H groups in total. The summed E-state index contributed by atoms with van der Waals surface area (Å²) >= 11 is 3.27. The lowest BCUT2D eigenvalue weighted by Crippen LogP contribution is -1.96. The van der Waals surface area contributed by atoms with Gasteiger partial charge >= 0.3 is 0 Å². The third-order valence-corrected chi connectivity index (χ3v) is 4.90. The monoisotopic (exact) mass is 314 g/mol. The highest BCUT2D eigenvalue weighted by atomic mass is 32.2. The van der Waals surface area contributed by atoms with Gasteiger partial charge in [-0.2, -0.15) is 0 Å². The van der Waals surface area contributed by atoms with E-state index >= 15 is 0 Å². The highest BCUT2D eigenvalue weighted by Crippen LogP contribution is 2.29. The fraction of sp³-hybridized carbons (Fsp3) is 0.133. The molecule has 0 radical (unpaired) electrons. The smallest absolute Gasteiger partial charge is 0.190 e. The van der Waals surface area contributed by atoms with E-state index in [1.165, 1.54) is 4.88 Å². The maximum atomic E-state index is 5.73. The van der Waals surface area contributed by atoms with Crippen LogP contribution in [0.3, 0.4) is 0 Å². The van der Waals surface area contributed by atoms with Gasteiger partial charge in [0.1, 0.15) is 10.8 Å². The Morgan fingerprint density at radius 1 is 1.19 bits per heavy atom. The molecule has 0 amide bonds. The summed E-state index contributed by atoms with van der Waals surface area (Å²) < 4.78 is 0. The zero-order valence-electron chi connectivity index (χ0n) is 11.5. The summed E-state index contributed by atoms with van der Waals surface area (Å²) in [5.74, 6) is 1.31. The van der Waals surface area contributed by atoms with Crippen LogP contribution in [-0.4, -0.2) is 15.0 Å². The molecule has 0 aliphatic carbocycles. The lowest BCUT2D eigenvalue weighted by molar-refractivity contribution is 0.940. The third-order valence-electron chi connectivity index (χ3n) is 2.77. The summed E-state index contributed by atoms with van der Waals surface area (Å²) in [5, 5.41) is 1.75. The van der Waals surface area contributed by atoms with Crippen molar-refractivity contribution >= 4 is 28.9 Å². The summed E-state index contributed by atoms with van der Waals surface area (Å²) in [6, 6.07) is 12.0. The molecular weight excluding hydrogens is 300 g/mol. The van der Waals surface area contributed by atoms with Gasteiger partial charge in [-0.3, -0.25) is 0 Å². The van der Waals surface area contributed by atoms with Crippen LogP contribution in [0, 0.1) is 6.92 Å². The number of aryl methyl sites for hydroxylation is 1. The molecule has 2 aromatic heterocycles. The first kappa shape index (κ1) is 14.0. The van der Waals surface area contributed by atoms with Crippen LogP contribution in [0.5, 0.6) is 0 Å². The number of nitrogens with zero attached hydrogens (tertiary/aromatic N) is 3. The van der Waals surface area contributed by atoms with Crippen molar-refractivity contribution in [3.05, 3.63) is 53.2 Å². The first-order valence-electron chi connectivity index (χ1n) is 6.45. The molecule has 1 aromatic carbocycles. The quantitative estimate of drug-likeness (QED) is 0.586. The van der Waals surface area contributed by atoms with Gasteiger partial charge in [-0.25, -0.2) is 15.0 Å². The Balaban J connectivity index is 1.70. The van der Waals surface area contributed by atoms with Gasteiger partial charge in [-0.05, 0) is 6.92 Å². The minimum Gasteiger partial charge on any atom is -0.384 e. The molecule has 21 heavy (non-hydrogen) atoms. The van der Waals surface area contributed by atoms with Crippen molar-refractivity contribution in [3.63, 3.8) is 0 Å². The molecule has 0 atom stereocenters. The number of thioether (sulfide) groups is 1. The van der Waals surface area contributed by atoms with E-state index in [1.807, 2.05) is 31.3 Å². The van der Waals surface area contributed by atoms with E-state index in [0.29, 0.717) is 11.0 Å². The number of hydrogen-bond acceptors (Lipinski definition) is 6. The lowest BCUT2D eigenvalue weighted by Gasteiger charge is -2.01. The van der Waals surface area contributed by atoms with Crippen molar-refractivity contribution in [1.82, 2.24) is 15.0 Å². The van der Waals surface area contributed by atoms with Gasteiger partial charge in [0, 0.05) is 34.2 Å². The van der Waals surface area contributed by atoms with Gasteiger partial charge in [-0.15, -0.1) is 11.3 Å². The minimum absolute atomic E-state index is 0.513. The molecule has 4 nitrogen and oxygen atoms in total. The van der Waals surface area contributed by atoms with E-state index in [2.05, 4.69) is 27.1 Å². The fourth-order valence-electron chi connectivity index (χ4n) is 1.85. The number of thiazole rings is 1. The van der Waals surface area contributed by atoms with Gasteiger partial charge < -0.3 is 5.73 Å². The number of benzene rings is 1. The van der Waals surface area contributed by atoms with Crippen LogP contribution in [0.1, 0.15) is 10.6 Å². The highest BCUT2D eigenvalue weighted by molar-refractivity contribution is 7.98. The van der Waals surface area contributed by atoms with Crippen LogP contribution in [0.4, 0.5) is 5.82 Å². The number of nitrogens with two attached hydrogens (primary N) is 1. The SMILES string of the molecule is Cc1cc(N)nc(SCc2cnc(-c3ccccc3)s2)n1. The Labute approximate surface area is 131 Å². The summed E-state index contributed by atoms with van der Waals surface area (Å²) in [5.41, 5.74) is 7.77. The van der Waals surface area contributed by atoms with Crippen LogP contribution in [-0.2, 0) is 5.75 Å². The Hall–Kier alpha value is -1.92. The first-order chi connectivity index (χ1) is 10.2. The van der Waals surface area contributed by atoms with E-state index in [1.54, 1.807) is 29.2 Å². The molecule has 0 unspecified atom stereocenters. The van der Waals surface area contributed by atoms with Gasteiger partial charge in [0.25, 0.3) is 0 Å². The predicted octanol–water partition coefficient (Wildman–Crippen LogP) is 3.78. The largest absolute Gasteiger partial charge is 0.384 e. The second kappa shape index (κ2) is 6.24. The van der Waals surface area contributed by atoms with Crippen molar-refractivity contribution in [2.45, 2.75) is 17.8 Å². The molecule has 0 aliphatic rings. The number of anilines is 1. The van der Waals surface area contributed by atoms with Crippen molar-refractivity contribution in [3.8, 4) is 10.6 Å². The van der Waals surface area contributed by atoms with Gasteiger partial charge in [0.05, 0.1) is 0 Å². The first-order valence-corrected chi connectivity index (χ1v) is 8.25. The molecule has 0 saturated carbocycles. The molecule has 0 aliphatic heterocycles. The average Bonchev–Trinajstić information content (AvgIpc) is 2.94. The Bertz CT molecular complexity index is 720. The van der Waals surface area contributed by atoms with Gasteiger partial charge in [0.2, 0.25) is 0 Å². The van der Waals surface area contributed by atoms with E-state index in [-0.39, 0.29) is 0 Å². The van der Waals surface area contributed by atoms with Crippen LogP contribution in [0.2, 0.25) is 0 Å². The lowest BCUT2D eigenvalue weighted by atomic mass is 10.2. The molecule has 0 saturated heterocycles. The summed E-state index contributed by atoms with van der Waals surface area (Å²) in [4.78, 5) is 14.3. The van der Waals surface area contributed by atoms with Gasteiger partial charge in [-0.1, -0.05) is 42.1 Å². The standard InChI is InChI=1S/C15H14N4S2/c1-10-7-13(16)19-15(18-10)20-9-12-8-17-14(21-12)11-5-3-2-4-6-11/h2-8H,9H2,1H3,(H2,16,18,19). The minimum atomic E-state index is 0.513. The molecule has 106 valence electrons. The third kappa shape index (κ3) is 3.59. The molecular formula is C15H14N4S2. The van der Waals surface area contributed by atoms with Crippen molar-refractivity contribution in [2.24, 2.45) is 0 Å². The van der Waals surface area contributed by atoms with Crippen molar-refractivity contribution in [1.29, 1.82) is 0 Å². The highest BCUT2D eigenvalue weighted by Gasteiger charge is 2.07. The number of nitrogen functional groups attached to an aromatic ring is 1. The van der Waals surface area contributed by atoms with E-state index in [9.17, 15) is 0 Å². The Morgan fingerprint density at radius 2 is 2.00 bits per heavy atom. The average molecular weight is 314 g/mol. The maximum absolute atomic E-state index is 5.73. The predicted molar refractivity (Wildman–Crippen MR) is 88.3 cm³/mol. The van der Waals surface area contributed by atoms with Crippen molar-refractivity contribution < 1.29 is 0 Å². The molecule has 0 fully saturated rings. The van der Waals surface area contributed by atoms with E-state index in [0.717, 1.165) is 22.0 Å². The molecule has 2 heterocycles. The van der Waals surface area contributed by atoms with Crippen molar-refractivity contribution in [2.75, 3.05) is 5.73 Å². The molecule has 6 heteroatoms. The molecule has 3 aromatic rings. The number of aromatic nitrogens is 3. The second-order valence-electron chi connectivity index (χ2n) is 4.50. The van der Waals surface area contributed by atoms with Crippen LogP contribution in [0.25, 0.3) is 10.6 Å². The van der Waals surface area contributed by atoms with Crippen LogP contribution < -0.4 is 5.73 Å². The summed E-state index contributed by atoms with van der Waals surface area (Å²) in [6.07, 6.45) is 1.92. The molecule has 0 spiro atoms. The molecule has 0 bridgehead atoms. The topological polar surface area (TPSA) is 64.7 Å². The summed E-state index contributed by atoms with van der Waals surface area (Å²) in [6.45, 7) is 1.92. The molecule has 3 rings (SSSR count). The Morgan fingerprint density at radius 3 is 2.76 bits per heavy atom. The fourth-order valence-corrected chi connectivity index (χ4v) is 3.70. The Kier molecular flexibility index (Phi) is 4.17. The second-order valence-corrected chi connectivity index (χ2v) is 6.56. The van der Waals surface area contributed by atoms with Crippen LogP contribution >= 0.6 is 23.1 Å². The number of hydrogen-bond donors (Lipinski definition) is 1. The summed E-state index contributed by atoms with van der Waals surface area (Å²) in [7, 11) is 0.